The molecule has 0 fully saturated rings. The molecule has 1 amide bonds. The molecule has 0 radical (unpaired) electrons. The lowest BCUT2D eigenvalue weighted by atomic mass is 10.3. The van der Waals surface area contributed by atoms with Crippen LogP contribution in [-0.4, -0.2) is 35.6 Å². The monoisotopic (exact) mass is 349 g/mol. The fraction of sp³-hybridized carbons (Fsp3) is 0.118. The van der Waals surface area contributed by atoms with Crippen LogP contribution in [0.3, 0.4) is 0 Å². The molecule has 3 heterocycles. The lowest BCUT2D eigenvalue weighted by Crippen LogP contribution is -2.15. The van der Waals surface area contributed by atoms with Gasteiger partial charge in [-0.25, -0.2) is 0 Å². The number of rotatable bonds is 5. The van der Waals surface area contributed by atoms with Crippen molar-refractivity contribution in [2.45, 2.75) is 13.5 Å². The van der Waals surface area contributed by atoms with Crippen LogP contribution in [0.2, 0.25) is 0 Å². The van der Waals surface area contributed by atoms with E-state index in [0.717, 1.165) is 11.3 Å². The van der Waals surface area contributed by atoms with Gasteiger partial charge in [-0.15, -0.1) is 10.2 Å². The molecule has 4 aromatic rings. The van der Waals surface area contributed by atoms with Crippen molar-refractivity contribution < 1.29 is 9.32 Å². The van der Waals surface area contributed by atoms with Crippen molar-refractivity contribution in [3.63, 3.8) is 0 Å². The molecule has 130 valence electrons. The molecule has 0 aliphatic heterocycles. The predicted molar refractivity (Wildman–Crippen MR) is 91.9 cm³/mol. The Morgan fingerprint density at radius 2 is 2.12 bits per heavy atom. The van der Waals surface area contributed by atoms with Crippen molar-refractivity contribution >= 4 is 11.9 Å². The van der Waals surface area contributed by atoms with Gasteiger partial charge in [0.25, 0.3) is 5.91 Å². The summed E-state index contributed by atoms with van der Waals surface area (Å²) in [4.78, 5) is 12.4. The molecule has 0 unspecified atom stereocenters. The highest BCUT2D eigenvalue weighted by molar-refractivity contribution is 6.01. The van der Waals surface area contributed by atoms with Gasteiger partial charge in [-0.05, 0) is 24.6 Å². The Hall–Kier alpha value is -3.75. The van der Waals surface area contributed by atoms with E-state index in [0.29, 0.717) is 18.3 Å². The molecule has 1 aromatic carbocycles. The Morgan fingerprint density at radius 1 is 1.27 bits per heavy atom. The fourth-order valence-electron chi connectivity index (χ4n) is 2.47. The van der Waals surface area contributed by atoms with Crippen LogP contribution in [0.15, 0.2) is 59.6 Å². The topological polar surface area (TPSA) is 104 Å². The van der Waals surface area contributed by atoms with Gasteiger partial charge in [-0.3, -0.25) is 19.4 Å². The van der Waals surface area contributed by atoms with Gasteiger partial charge in [-0.1, -0.05) is 23.4 Å². The van der Waals surface area contributed by atoms with Crippen LogP contribution in [0.1, 0.15) is 21.8 Å². The quantitative estimate of drug-likeness (QED) is 0.591. The number of aromatic nitrogens is 6. The van der Waals surface area contributed by atoms with Gasteiger partial charge >= 0.3 is 0 Å². The number of nitrogens with one attached hydrogen (secondary N) is 1. The van der Waals surface area contributed by atoms with Crippen LogP contribution >= 0.6 is 0 Å². The third kappa shape index (κ3) is 3.22. The van der Waals surface area contributed by atoms with Gasteiger partial charge < -0.3 is 4.52 Å². The molecule has 0 aliphatic rings. The number of benzene rings is 1. The molecule has 0 saturated carbocycles. The minimum Gasteiger partial charge on any atom is -0.359 e. The van der Waals surface area contributed by atoms with E-state index in [-0.39, 0.29) is 5.69 Å². The molecule has 0 spiro atoms. The number of nitrogens with zero attached hydrogens (tertiary/aromatic N) is 6. The first-order valence-corrected chi connectivity index (χ1v) is 7.90. The molecule has 1 N–H and O–H groups in total. The van der Waals surface area contributed by atoms with E-state index >= 15 is 0 Å². The Morgan fingerprint density at radius 3 is 2.88 bits per heavy atom. The lowest BCUT2D eigenvalue weighted by Gasteiger charge is -2.06. The largest absolute Gasteiger partial charge is 0.359 e. The third-order valence-electron chi connectivity index (χ3n) is 3.68. The maximum absolute atomic E-state index is 12.4. The summed E-state index contributed by atoms with van der Waals surface area (Å²) in [6, 6.07) is 11.0. The van der Waals surface area contributed by atoms with Gasteiger partial charge in [0.1, 0.15) is 12.9 Å². The number of amides is 1. The van der Waals surface area contributed by atoms with E-state index < -0.39 is 5.91 Å². The molecule has 3 aromatic heterocycles. The molecule has 0 atom stereocenters. The van der Waals surface area contributed by atoms with Crippen molar-refractivity contribution in [3.05, 3.63) is 72.1 Å². The minimum atomic E-state index is -0.429. The first-order chi connectivity index (χ1) is 12.7. The Bertz CT molecular complexity index is 1030. The second kappa shape index (κ2) is 6.63. The van der Waals surface area contributed by atoms with Gasteiger partial charge in [0.2, 0.25) is 5.95 Å². The average Bonchev–Trinajstić information content (AvgIpc) is 3.38. The number of anilines is 1. The van der Waals surface area contributed by atoms with Crippen molar-refractivity contribution in [3.8, 4) is 5.69 Å². The summed E-state index contributed by atoms with van der Waals surface area (Å²) in [6.07, 6.45) is 5.16. The number of hydrogen-bond donors (Lipinski definition) is 1. The summed E-state index contributed by atoms with van der Waals surface area (Å²) in [5, 5.41) is 18.5. The van der Waals surface area contributed by atoms with Crippen molar-refractivity contribution in [1.82, 2.24) is 29.7 Å². The highest BCUT2D eigenvalue weighted by Gasteiger charge is 2.16. The van der Waals surface area contributed by atoms with Crippen LogP contribution < -0.4 is 5.32 Å². The summed E-state index contributed by atoms with van der Waals surface area (Å²) in [5.41, 5.74) is 2.04. The summed E-state index contributed by atoms with van der Waals surface area (Å²) in [5.74, 6) is 0.401. The average molecular weight is 349 g/mol. The molecule has 26 heavy (non-hydrogen) atoms. The first kappa shape index (κ1) is 15.8. The number of aryl methyl sites for hydroxylation is 1. The maximum Gasteiger partial charge on any atom is 0.280 e. The van der Waals surface area contributed by atoms with Gasteiger partial charge in [-0.2, -0.15) is 5.10 Å². The molecule has 0 bridgehead atoms. The van der Waals surface area contributed by atoms with Gasteiger partial charge in [0.15, 0.2) is 11.5 Å². The Kier molecular flexibility index (Phi) is 4.02. The van der Waals surface area contributed by atoms with Crippen LogP contribution in [0, 0.1) is 6.92 Å². The minimum absolute atomic E-state index is 0.159. The molecule has 0 aliphatic carbocycles. The molecule has 9 heteroatoms. The number of carbonyl (C=O) groups excluding carboxylic acids is 1. The van der Waals surface area contributed by atoms with Crippen molar-refractivity contribution in [2.75, 3.05) is 5.32 Å². The van der Waals surface area contributed by atoms with E-state index in [1.54, 1.807) is 21.5 Å². The van der Waals surface area contributed by atoms with E-state index in [1.807, 2.05) is 43.5 Å². The summed E-state index contributed by atoms with van der Waals surface area (Å²) >= 11 is 0. The third-order valence-corrected chi connectivity index (χ3v) is 3.68. The standard InChI is InChI=1S/C17H15N7O2/c1-12-8-19-23(9-12)10-14-7-15(22-26-14)16(25)20-17-21-18-11-24(17)13-5-3-2-4-6-13/h2-9,11H,10H2,1H3,(H,20,21,25). The highest BCUT2D eigenvalue weighted by Crippen LogP contribution is 2.14. The summed E-state index contributed by atoms with van der Waals surface area (Å²) in [6.45, 7) is 2.35. The van der Waals surface area contributed by atoms with E-state index in [9.17, 15) is 4.79 Å². The molecule has 9 nitrogen and oxygen atoms in total. The zero-order valence-corrected chi connectivity index (χ0v) is 13.9. The number of hydrogen-bond acceptors (Lipinski definition) is 6. The maximum atomic E-state index is 12.4. The first-order valence-electron chi connectivity index (χ1n) is 7.90. The predicted octanol–water partition coefficient (Wildman–Crippen LogP) is 2.06. The van der Waals surface area contributed by atoms with Crippen LogP contribution in [0.5, 0.6) is 0 Å². The molecular formula is C17H15N7O2. The summed E-state index contributed by atoms with van der Waals surface area (Å²) < 4.78 is 8.60. The number of carbonyl (C=O) groups is 1. The van der Waals surface area contributed by atoms with Gasteiger partial charge in [0.05, 0.1) is 11.9 Å². The fourth-order valence-corrected chi connectivity index (χ4v) is 2.47. The van der Waals surface area contributed by atoms with Crippen LogP contribution in [-0.2, 0) is 6.54 Å². The van der Waals surface area contributed by atoms with E-state index in [1.165, 1.54) is 6.33 Å². The Labute approximate surface area is 148 Å². The van der Waals surface area contributed by atoms with Gasteiger partial charge in [0, 0.05) is 12.3 Å². The Balaban J connectivity index is 1.49. The normalized spacial score (nSPS) is 10.8. The highest BCUT2D eigenvalue weighted by atomic mass is 16.5. The second-order valence-electron chi connectivity index (χ2n) is 5.71. The number of para-hydroxylation sites is 1. The van der Waals surface area contributed by atoms with E-state index in [4.69, 9.17) is 4.52 Å². The second-order valence-corrected chi connectivity index (χ2v) is 5.71. The van der Waals surface area contributed by atoms with Crippen LogP contribution in [0.4, 0.5) is 5.95 Å². The SMILES string of the molecule is Cc1cnn(Cc2cc(C(=O)Nc3nncn3-c3ccccc3)no2)c1. The molecular weight excluding hydrogens is 334 g/mol. The zero-order valence-electron chi connectivity index (χ0n) is 13.9. The molecule has 4 rings (SSSR count). The lowest BCUT2D eigenvalue weighted by molar-refractivity contribution is 0.101. The smallest absolute Gasteiger partial charge is 0.280 e. The summed E-state index contributed by atoms with van der Waals surface area (Å²) in [7, 11) is 0. The van der Waals surface area contributed by atoms with Crippen molar-refractivity contribution in [2.24, 2.45) is 0 Å². The van der Waals surface area contributed by atoms with Crippen molar-refractivity contribution in [1.29, 1.82) is 0 Å². The van der Waals surface area contributed by atoms with E-state index in [2.05, 4.69) is 25.8 Å². The molecule has 0 saturated heterocycles. The van der Waals surface area contributed by atoms with Crippen LogP contribution in [0.25, 0.3) is 5.69 Å². The zero-order chi connectivity index (χ0) is 17.9.